The smallest absolute Gasteiger partial charge is 0.406 e. The fraction of sp³-hybridized carbons (Fsp3) is 0.200. The second-order valence-corrected chi connectivity index (χ2v) is 9.01. The zero-order valence-corrected chi connectivity index (χ0v) is 15.0. The molecule has 0 radical (unpaired) electrons. The maximum Gasteiger partial charge on any atom is 0.573 e. The van der Waals surface area contributed by atoms with Crippen molar-refractivity contribution in [3.05, 3.63) is 48.5 Å². The lowest BCUT2D eigenvalue weighted by molar-refractivity contribution is -0.274. The molecule has 0 aliphatic heterocycles. The summed E-state index contributed by atoms with van der Waals surface area (Å²) >= 11 is 0. The first-order valence-electron chi connectivity index (χ1n) is 7.14. The third kappa shape index (κ3) is 5.11. The molecule has 11 heteroatoms. The maximum atomic E-state index is 12.2. The number of halogens is 3. The number of hydrogen-bond acceptors (Lipinski definition) is 5. The molecule has 0 aliphatic carbocycles. The summed E-state index contributed by atoms with van der Waals surface area (Å²) in [7, 11) is -7.48. The Bertz CT molecular complexity index is 967. The van der Waals surface area contributed by atoms with E-state index in [1.807, 2.05) is 0 Å². The Hall–Kier alpha value is -2.27. The van der Waals surface area contributed by atoms with E-state index in [1.165, 1.54) is 31.2 Å². The van der Waals surface area contributed by atoms with E-state index < -0.39 is 32.0 Å². The van der Waals surface area contributed by atoms with Crippen LogP contribution in [0.4, 0.5) is 18.9 Å². The van der Waals surface area contributed by atoms with Gasteiger partial charge in [-0.1, -0.05) is 6.92 Å². The van der Waals surface area contributed by atoms with Crippen LogP contribution in [-0.2, 0) is 19.9 Å². The van der Waals surface area contributed by atoms with Crippen molar-refractivity contribution >= 4 is 25.5 Å². The van der Waals surface area contributed by atoms with Crippen molar-refractivity contribution in [1.29, 1.82) is 0 Å². The summed E-state index contributed by atoms with van der Waals surface area (Å²) in [5, 5.41) is 0. The van der Waals surface area contributed by atoms with Gasteiger partial charge in [0.15, 0.2) is 9.84 Å². The SMILES string of the molecule is CCS(=O)(=O)c1ccc(NS(=O)(=O)c2ccc(OC(F)(F)F)cc2)cc1. The number of anilines is 1. The molecule has 6 nitrogen and oxygen atoms in total. The number of rotatable bonds is 6. The molecule has 0 unspecified atom stereocenters. The number of nitrogens with one attached hydrogen (secondary N) is 1. The van der Waals surface area contributed by atoms with Gasteiger partial charge in [-0.2, -0.15) is 0 Å². The van der Waals surface area contributed by atoms with Crippen LogP contribution in [0.2, 0.25) is 0 Å². The van der Waals surface area contributed by atoms with Crippen LogP contribution in [0, 0.1) is 0 Å². The number of benzene rings is 2. The van der Waals surface area contributed by atoms with Gasteiger partial charge in [-0.25, -0.2) is 16.8 Å². The molecule has 26 heavy (non-hydrogen) atoms. The van der Waals surface area contributed by atoms with Gasteiger partial charge in [0.05, 0.1) is 15.5 Å². The molecule has 0 aliphatic rings. The highest BCUT2D eigenvalue weighted by Crippen LogP contribution is 2.25. The van der Waals surface area contributed by atoms with Crippen molar-refractivity contribution in [2.75, 3.05) is 10.5 Å². The zero-order chi connectivity index (χ0) is 19.6. The van der Waals surface area contributed by atoms with E-state index >= 15 is 0 Å². The summed E-state index contributed by atoms with van der Waals surface area (Å²) in [5.74, 6) is -0.643. The number of ether oxygens (including phenoxy) is 1. The fourth-order valence-electron chi connectivity index (χ4n) is 1.93. The lowest BCUT2D eigenvalue weighted by Crippen LogP contribution is -2.17. The molecule has 2 aromatic carbocycles. The first-order valence-corrected chi connectivity index (χ1v) is 10.3. The van der Waals surface area contributed by atoms with E-state index in [0.29, 0.717) is 0 Å². The Morgan fingerprint density at radius 3 is 1.85 bits per heavy atom. The van der Waals surface area contributed by atoms with E-state index in [0.717, 1.165) is 24.3 Å². The summed E-state index contributed by atoms with van der Waals surface area (Å²) in [6.07, 6.45) is -4.88. The van der Waals surface area contributed by atoms with Crippen LogP contribution < -0.4 is 9.46 Å². The van der Waals surface area contributed by atoms with Crippen LogP contribution in [0.15, 0.2) is 58.3 Å². The minimum absolute atomic E-state index is 0.0524. The van der Waals surface area contributed by atoms with E-state index in [1.54, 1.807) is 0 Å². The third-order valence-corrected chi connectivity index (χ3v) is 6.36. The number of sulfonamides is 1. The molecule has 0 atom stereocenters. The van der Waals surface area contributed by atoms with E-state index in [4.69, 9.17) is 0 Å². The third-order valence-electron chi connectivity index (χ3n) is 3.21. The van der Waals surface area contributed by atoms with Gasteiger partial charge >= 0.3 is 6.36 Å². The Balaban J connectivity index is 2.18. The first kappa shape index (κ1) is 20.0. The van der Waals surface area contributed by atoms with Crippen LogP contribution in [0.5, 0.6) is 5.75 Å². The van der Waals surface area contributed by atoms with E-state index in [-0.39, 0.29) is 21.2 Å². The molecular formula is C15H14F3NO5S2. The van der Waals surface area contributed by atoms with Gasteiger partial charge in [-0.15, -0.1) is 13.2 Å². The highest BCUT2D eigenvalue weighted by Gasteiger charge is 2.31. The molecule has 0 spiro atoms. The Morgan fingerprint density at radius 2 is 1.38 bits per heavy atom. The van der Waals surface area contributed by atoms with E-state index in [2.05, 4.69) is 9.46 Å². The monoisotopic (exact) mass is 409 g/mol. The Morgan fingerprint density at radius 1 is 0.885 bits per heavy atom. The van der Waals surface area contributed by atoms with Crippen molar-refractivity contribution in [2.24, 2.45) is 0 Å². The maximum absolute atomic E-state index is 12.2. The summed E-state index contributed by atoms with van der Waals surface area (Å²) in [5.41, 5.74) is 0.107. The van der Waals surface area contributed by atoms with Crippen molar-refractivity contribution in [2.45, 2.75) is 23.1 Å². The predicted octanol–water partition coefficient (Wildman–Crippen LogP) is 3.18. The minimum Gasteiger partial charge on any atom is -0.406 e. The zero-order valence-electron chi connectivity index (χ0n) is 13.3. The molecule has 0 saturated heterocycles. The molecule has 142 valence electrons. The molecular weight excluding hydrogens is 395 g/mol. The Kier molecular flexibility index (Phi) is 5.52. The summed E-state index contributed by atoms with van der Waals surface area (Å²) in [4.78, 5) is -0.228. The molecule has 0 amide bonds. The van der Waals surface area contributed by atoms with Crippen LogP contribution in [-0.4, -0.2) is 29.0 Å². The van der Waals surface area contributed by atoms with Gasteiger partial charge in [0.2, 0.25) is 0 Å². The van der Waals surface area contributed by atoms with Crippen LogP contribution in [0.1, 0.15) is 6.92 Å². The van der Waals surface area contributed by atoms with Crippen LogP contribution in [0.3, 0.4) is 0 Å². The van der Waals surface area contributed by atoms with Gasteiger partial charge in [0.25, 0.3) is 10.0 Å². The molecule has 0 saturated carbocycles. The Labute approximate surface area is 148 Å². The lowest BCUT2D eigenvalue weighted by Gasteiger charge is -2.11. The normalized spacial score (nSPS) is 12.6. The van der Waals surface area contributed by atoms with Crippen LogP contribution >= 0.6 is 0 Å². The number of hydrogen-bond donors (Lipinski definition) is 1. The highest BCUT2D eigenvalue weighted by atomic mass is 32.2. The van der Waals surface area contributed by atoms with Gasteiger partial charge in [-0.3, -0.25) is 4.72 Å². The molecule has 0 fully saturated rings. The van der Waals surface area contributed by atoms with Crippen molar-refractivity contribution in [3.63, 3.8) is 0 Å². The fourth-order valence-corrected chi connectivity index (χ4v) is 3.87. The highest BCUT2D eigenvalue weighted by molar-refractivity contribution is 7.92. The molecule has 0 heterocycles. The molecule has 1 N–H and O–H groups in total. The number of sulfone groups is 1. The molecule has 2 aromatic rings. The van der Waals surface area contributed by atoms with Crippen molar-refractivity contribution in [3.8, 4) is 5.75 Å². The lowest BCUT2D eigenvalue weighted by atomic mass is 10.3. The van der Waals surface area contributed by atoms with Crippen molar-refractivity contribution < 1.29 is 34.7 Å². The summed E-state index contributed by atoms with van der Waals surface area (Å²) in [6, 6.07) is 8.74. The average molecular weight is 409 g/mol. The quantitative estimate of drug-likeness (QED) is 0.792. The molecule has 2 rings (SSSR count). The second-order valence-electron chi connectivity index (χ2n) is 5.05. The van der Waals surface area contributed by atoms with Gasteiger partial charge in [0, 0.05) is 5.69 Å². The van der Waals surface area contributed by atoms with Gasteiger partial charge in [-0.05, 0) is 48.5 Å². The predicted molar refractivity (Wildman–Crippen MR) is 88.1 cm³/mol. The van der Waals surface area contributed by atoms with Crippen LogP contribution in [0.25, 0.3) is 0 Å². The molecule has 0 aromatic heterocycles. The standard InChI is InChI=1S/C15H14F3NO5S2/c1-2-25(20,21)13-7-3-11(4-8-13)19-26(22,23)14-9-5-12(6-10-14)24-15(16,17)18/h3-10,19H,2H2,1H3. The van der Waals surface area contributed by atoms with Gasteiger partial charge < -0.3 is 4.74 Å². The largest absolute Gasteiger partial charge is 0.573 e. The summed E-state index contributed by atoms with van der Waals surface area (Å²) in [6.45, 7) is 1.48. The molecule has 0 bridgehead atoms. The number of alkyl halides is 3. The minimum atomic E-state index is -4.88. The second kappa shape index (κ2) is 7.16. The topological polar surface area (TPSA) is 89.5 Å². The van der Waals surface area contributed by atoms with Gasteiger partial charge in [0.1, 0.15) is 5.75 Å². The van der Waals surface area contributed by atoms with Crippen molar-refractivity contribution in [1.82, 2.24) is 0 Å². The van der Waals surface area contributed by atoms with E-state index in [9.17, 15) is 30.0 Å². The average Bonchev–Trinajstić information content (AvgIpc) is 2.54. The first-order chi connectivity index (χ1) is 11.9. The summed E-state index contributed by atoms with van der Waals surface area (Å²) < 4.78 is 90.1.